The van der Waals surface area contributed by atoms with E-state index in [9.17, 15) is 4.79 Å². The molecule has 0 saturated carbocycles. The van der Waals surface area contributed by atoms with Gasteiger partial charge in [-0.3, -0.25) is 4.79 Å². The molecule has 1 aliphatic heterocycles. The first-order valence-electron chi connectivity index (χ1n) is 7.68. The third-order valence-electron chi connectivity index (χ3n) is 4.03. The largest absolute Gasteiger partial charge is 0.376 e. The summed E-state index contributed by atoms with van der Waals surface area (Å²) < 4.78 is 7.35. The number of amides is 1. The summed E-state index contributed by atoms with van der Waals surface area (Å²) >= 11 is 0. The van der Waals surface area contributed by atoms with Crippen LogP contribution in [0.4, 0.5) is 0 Å². The van der Waals surface area contributed by atoms with Crippen LogP contribution < -0.4 is 5.32 Å². The molecule has 0 radical (unpaired) electrons. The Hall–Kier alpha value is -2.14. The standard InChI is InChI=1S/C17H21N3O2/c1-12-16(17(21)18-11-15-9-6-10-22-15)13(2)20(19-12)14-7-4-3-5-8-14/h3-5,7-8,15H,6,9-11H2,1-2H3,(H,18,21). The minimum Gasteiger partial charge on any atom is -0.376 e. The fraction of sp³-hybridized carbons (Fsp3) is 0.412. The fourth-order valence-electron chi connectivity index (χ4n) is 2.89. The number of aromatic nitrogens is 2. The first kappa shape index (κ1) is 14.8. The normalized spacial score (nSPS) is 17.6. The molecule has 3 rings (SSSR count). The van der Waals surface area contributed by atoms with Gasteiger partial charge in [0, 0.05) is 13.2 Å². The van der Waals surface area contributed by atoms with Crippen LogP contribution in [0.1, 0.15) is 34.6 Å². The van der Waals surface area contributed by atoms with Crippen LogP contribution in [0.5, 0.6) is 0 Å². The van der Waals surface area contributed by atoms with Crippen molar-refractivity contribution in [2.75, 3.05) is 13.2 Å². The maximum absolute atomic E-state index is 12.5. The van der Waals surface area contributed by atoms with Crippen LogP contribution in [0.15, 0.2) is 30.3 Å². The van der Waals surface area contributed by atoms with E-state index in [2.05, 4.69) is 10.4 Å². The Labute approximate surface area is 130 Å². The van der Waals surface area contributed by atoms with E-state index in [1.54, 1.807) is 0 Å². The summed E-state index contributed by atoms with van der Waals surface area (Å²) in [5.41, 5.74) is 3.21. The molecule has 5 heteroatoms. The van der Waals surface area contributed by atoms with Gasteiger partial charge in [0.25, 0.3) is 5.91 Å². The fourth-order valence-corrected chi connectivity index (χ4v) is 2.89. The van der Waals surface area contributed by atoms with Gasteiger partial charge in [-0.05, 0) is 38.8 Å². The van der Waals surface area contributed by atoms with Crippen LogP contribution in [0.25, 0.3) is 5.69 Å². The van der Waals surface area contributed by atoms with Crippen molar-refractivity contribution in [3.63, 3.8) is 0 Å². The highest BCUT2D eigenvalue weighted by Gasteiger charge is 2.21. The van der Waals surface area contributed by atoms with Crippen molar-refractivity contribution in [2.45, 2.75) is 32.8 Å². The molecule has 0 aliphatic carbocycles. The van der Waals surface area contributed by atoms with E-state index < -0.39 is 0 Å². The summed E-state index contributed by atoms with van der Waals surface area (Å²) in [7, 11) is 0. The Bertz CT molecular complexity index is 658. The van der Waals surface area contributed by atoms with Crippen molar-refractivity contribution in [3.8, 4) is 5.69 Å². The van der Waals surface area contributed by atoms with E-state index in [0.717, 1.165) is 36.5 Å². The number of hydrogen-bond donors (Lipinski definition) is 1. The molecule has 22 heavy (non-hydrogen) atoms. The van der Waals surface area contributed by atoms with Crippen molar-refractivity contribution in [1.82, 2.24) is 15.1 Å². The molecule has 0 bridgehead atoms. The van der Waals surface area contributed by atoms with Gasteiger partial charge in [0.05, 0.1) is 28.7 Å². The highest BCUT2D eigenvalue weighted by Crippen LogP contribution is 2.18. The SMILES string of the molecule is Cc1nn(-c2ccccc2)c(C)c1C(=O)NCC1CCCO1. The van der Waals surface area contributed by atoms with Crippen molar-refractivity contribution in [1.29, 1.82) is 0 Å². The minimum atomic E-state index is -0.0762. The van der Waals surface area contributed by atoms with E-state index in [-0.39, 0.29) is 12.0 Å². The highest BCUT2D eigenvalue weighted by atomic mass is 16.5. The Morgan fingerprint density at radius 1 is 1.36 bits per heavy atom. The number of carbonyl (C=O) groups excluding carboxylic acids is 1. The Kier molecular flexibility index (Phi) is 4.24. The van der Waals surface area contributed by atoms with Crippen LogP contribution in [0.2, 0.25) is 0 Å². The van der Waals surface area contributed by atoms with E-state index in [4.69, 9.17) is 4.74 Å². The molecule has 0 spiro atoms. The van der Waals surface area contributed by atoms with E-state index in [1.807, 2.05) is 48.9 Å². The quantitative estimate of drug-likeness (QED) is 0.943. The second kappa shape index (κ2) is 6.32. The highest BCUT2D eigenvalue weighted by molar-refractivity contribution is 5.96. The number of nitrogens with one attached hydrogen (secondary N) is 1. The molecule has 1 N–H and O–H groups in total. The molecule has 1 aromatic carbocycles. The number of rotatable bonds is 4. The van der Waals surface area contributed by atoms with Crippen molar-refractivity contribution >= 4 is 5.91 Å². The minimum absolute atomic E-state index is 0.0762. The summed E-state index contributed by atoms with van der Waals surface area (Å²) in [6.45, 7) is 5.15. The molecule has 116 valence electrons. The molecule has 1 fully saturated rings. The predicted octanol–water partition coefficient (Wildman–Crippen LogP) is 2.40. The predicted molar refractivity (Wildman–Crippen MR) is 84.3 cm³/mol. The van der Waals surface area contributed by atoms with Crippen LogP contribution in [0, 0.1) is 13.8 Å². The maximum atomic E-state index is 12.5. The zero-order valence-electron chi connectivity index (χ0n) is 13.0. The molecule has 2 heterocycles. The first-order chi connectivity index (χ1) is 10.7. The van der Waals surface area contributed by atoms with E-state index in [0.29, 0.717) is 12.1 Å². The van der Waals surface area contributed by atoms with Gasteiger partial charge >= 0.3 is 0 Å². The number of aryl methyl sites for hydroxylation is 1. The lowest BCUT2D eigenvalue weighted by atomic mass is 10.1. The van der Waals surface area contributed by atoms with Gasteiger partial charge in [0.2, 0.25) is 0 Å². The van der Waals surface area contributed by atoms with Crippen LogP contribution in [0.3, 0.4) is 0 Å². The van der Waals surface area contributed by atoms with Crippen molar-refractivity contribution in [2.24, 2.45) is 0 Å². The average molecular weight is 299 g/mol. The lowest BCUT2D eigenvalue weighted by Gasteiger charge is -2.11. The number of carbonyl (C=O) groups is 1. The zero-order valence-corrected chi connectivity index (χ0v) is 13.0. The summed E-state index contributed by atoms with van der Waals surface area (Å²) in [4.78, 5) is 12.5. The third-order valence-corrected chi connectivity index (χ3v) is 4.03. The Morgan fingerprint density at radius 3 is 2.82 bits per heavy atom. The van der Waals surface area contributed by atoms with Gasteiger partial charge in [-0.1, -0.05) is 18.2 Å². The summed E-state index contributed by atoms with van der Waals surface area (Å²) in [6.07, 6.45) is 2.24. The van der Waals surface area contributed by atoms with Crippen molar-refractivity contribution < 1.29 is 9.53 Å². The van der Waals surface area contributed by atoms with Gasteiger partial charge in [0.15, 0.2) is 0 Å². The van der Waals surface area contributed by atoms with Crippen LogP contribution in [-0.2, 0) is 4.74 Å². The first-order valence-corrected chi connectivity index (χ1v) is 7.68. The smallest absolute Gasteiger partial charge is 0.255 e. The second-order valence-corrected chi connectivity index (χ2v) is 5.64. The second-order valence-electron chi connectivity index (χ2n) is 5.64. The molecule has 1 aliphatic rings. The van der Waals surface area contributed by atoms with Gasteiger partial charge in [0.1, 0.15) is 0 Å². The van der Waals surface area contributed by atoms with Gasteiger partial charge < -0.3 is 10.1 Å². The molecule has 2 aromatic rings. The van der Waals surface area contributed by atoms with Crippen LogP contribution >= 0.6 is 0 Å². The number of hydrogen-bond acceptors (Lipinski definition) is 3. The molecular weight excluding hydrogens is 278 g/mol. The zero-order chi connectivity index (χ0) is 15.5. The van der Waals surface area contributed by atoms with Crippen LogP contribution in [-0.4, -0.2) is 34.9 Å². The number of para-hydroxylation sites is 1. The topological polar surface area (TPSA) is 56.2 Å². The molecule has 1 atom stereocenters. The number of nitrogens with zero attached hydrogens (tertiary/aromatic N) is 2. The summed E-state index contributed by atoms with van der Waals surface area (Å²) in [5.74, 6) is -0.0762. The third kappa shape index (κ3) is 2.90. The van der Waals surface area contributed by atoms with Crippen molar-refractivity contribution in [3.05, 3.63) is 47.3 Å². The number of ether oxygens (including phenoxy) is 1. The lowest BCUT2D eigenvalue weighted by Crippen LogP contribution is -2.32. The van der Waals surface area contributed by atoms with Gasteiger partial charge in [-0.2, -0.15) is 5.10 Å². The summed E-state index contributed by atoms with van der Waals surface area (Å²) in [6, 6.07) is 9.84. The molecular formula is C17H21N3O2. The average Bonchev–Trinajstić information content (AvgIpc) is 3.14. The molecule has 1 amide bonds. The molecule has 1 unspecified atom stereocenters. The monoisotopic (exact) mass is 299 g/mol. The maximum Gasteiger partial charge on any atom is 0.255 e. The molecule has 1 aromatic heterocycles. The molecule has 1 saturated heterocycles. The van der Waals surface area contributed by atoms with E-state index >= 15 is 0 Å². The Morgan fingerprint density at radius 2 is 2.14 bits per heavy atom. The Balaban J connectivity index is 1.78. The van der Waals surface area contributed by atoms with Gasteiger partial charge in [-0.15, -0.1) is 0 Å². The number of benzene rings is 1. The lowest BCUT2D eigenvalue weighted by molar-refractivity contribution is 0.0856. The van der Waals surface area contributed by atoms with Gasteiger partial charge in [-0.25, -0.2) is 4.68 Å². The van der Waals surface area contributed by atoms with E-state index in [1.165, 1.54) is 0 Å². The summed E-state index contributed by atoms with van der Waals surface area (Å²) in [5, 5.41) is 7.48. The molecule has 5 nitrogen and oxygen atoms in total.